The predicted molar refractivity (Wildman–Crippen MR) is 110 cm³/mol. The Labute approximate surface area is 161 Å². The second-order valence-electron chi connectivity index (χ2n) is 5.12. The van der Waals surface area contributed by atoms with Gasteiger partial charge in [-0.05, 0) is 36.5 Å². The monoisotopic (exact) mass is 479 g/mol. The SMILES string of the molecule is CI.CSc1nnc2c3c4c(sc3nc(SC)n12)CN(C)CC4. The number of hydrogen-bond acceptors (Lipinski definition) is 7. The molecule has 0 amide bonds. The molecule has 0 fully saturated rings. The molecule has 0 spiro atoms. The normalized spacial score (nSPS) is 14.8. The summed E-state index contributed by atoms with van der Waals surface area (Å²) in [6.45, 7) is 2.11. The maximum atomic E-state index is 4.87. The maximum absolute atomic E-state index is 4.87. The van der Waals surface area contributed by atoms with Gasteiger partial charge in [0.05, 0.1) is 5.39 Å². The number of alkyl halides is 1. The summed E-state index contributed by atoms with van der Waals surface area (Å²) in [4.78, 5) is 11.7. The van der Waals surface area contributed by atoms with Gasteiger partial charge < -0.3 is 4.90 Å². The van der Waals surface area contributed by atoms with Gasteiger partial charge in [-0.2, -0.15) is 0 Å². The molecule has 0 saturated carbocycles. The summed E-state index contributed by atoms with van der Waals surface area (Å²) >= 11 is 7.22. The van der Waals surface area contributed by atoms with Gasteiger partial charge in [-0.25, -0.2) is 9.38 Å². The second kappa shape index (κ2) is 7.42. The number of likely N-dealkylation sites (N-methyl/N-ethyl adjacent to an activating group) is 1. The summed E-state index contributed by atoms with van der Waals surface area (Å²) in [6, 6.07) is 0. The first-order valence-electron chi connectivity index (χ1n) is 7.06. The van der Waals surface area contributed by atoms with Gasteiger partial charge in [-0.15, -0.1) is 21.5 Å². The number of thiophene rings is 1. The van der Waals surface area contributed by atoms with Crippen molar-refractivity contribution in [3.63, 3.8) is 0 Å². The topological polar surface area (TPSA) is 46.3 Å². The Morgan fingerprint density at radius 2 is 1.87 bits per heavy atom. The first kappa shape index (κ1) is 17.7. The third kappa shape index (κ3) is 2.99. The lowest BCUT2D eigenvalue weighted by Crippen LogP contribution is -2.25. The highest BCUT2D eigenvalue weighted by Crippen LogP contribution is 2.38. The van der Waals surface area contributed by atoms with Gasteiger partial charge in [0.15, 0.2) is 16.0 Å². The molecule has 0 atom stereocenters. The van der Waals surface area contributed by atoms with Crippen LogP contribution in [-0.2, 0) is 13.0 Å². The molecule has 0 aliphatic carbocycles. The number of nitrogens with zero attached hydrogens (tertiary/aromatic N) is 5. The molecule has 124 valence electrons. The molecule has 3 aromatic rings. The van der Waals surface area contributed by atoms with E-state index in [9.17, 15) is 0 Å². The lowest BCUT2D eigenvalue weighted by molar-refractivity contribution is 0.318. The summed E-state index contributed by atoms with van der Waals surface area (Å²) in [5.41, 5.74) is 2.40. The van der Waals surface area contributed by atoms with Gasteiger partial charge >= 0.3 is 0 Å². The fourth-order valence-corrected chi connectivity index (χ4v) is 5.26. The molecule has 0 saturated heterocycles. The van der Waals surface area contributed by atoms with Gasteiger partial charge in [0.1, 0.15) is 4.83 Å². The lowest BCUT2D eigenvalue weighted by atomic mass is 10.1. The number of rotatable bonds is 2. The van der Waals surface area contributed by atoms with Crippen molar-refractivity contribution in [3.8, 4) is 0 Å². The third-order valence-electron chi connectivity index (χ3n) is 3.84. The van der Waals surface area contributed by atoms with E-state index >= 15 is 0 Å². The summed E-state index contributed by atoms with van der Waals surface area (Å²) < 4.78 is 2.10. The predicted octanol–water partition coefficient (Wildman–Crippen LogP) is 3.82. The van der Waals surface area contributed by atoms with Crippen molar-refractivity contribution in [3.05, 3.63) is 10.4 Å². The Kier molecular flexibility index (Phi) is 5.72. The molecule has 5 nitrogen and oxygen atoms in total. The Morgan fingerprint density at radius 3 is 2.57 bits per heavy atom. The van der Waals surface area contributed by atoms with Crippen LogP contribution in [0.4, 0.5) is 0 Å². The van der Waals surface area contributed by atoms with Gasteiger partial charge in [0.25, 0.3) is 0 Å². The number of aromatic nitrogens is 4. The zero-order valence-corrected chi connectivity index (χ0v) is 18.1. The first-order chi connectivity index (χ1) is 11.2. The van der Waals surface area contributed by atoms with Crippen LogP contribution in [0.15, 0.2) is 10.3 Å². The standard InChI is InChI=1S/C13H15N5S3.CH3I/c1-17-5-4-7-8(6-17)21-11-9(7)10-15-16-13(20-3)18(10)12(14-11)19-2;1-2/h4-6H2,1-3H3;1H3. The van der Waals surface area contributed by atoms with Gasteiger partial charge in [0.2, 0.25) is 0 Å². The minimum Gasteiger partial charge on any atom is -0.301 e. The first-order valence-corrected chi connectivity index (χ1v) is 12.5. The van der Waals surface area contributed by atoms with Crippen molar-refractivity contribution < 1.29 is 0 Å². The minimum atomic E-state index is 0.914. The number of hydrogen-bond donors (Lipinski definition) is 0. The maximum Gasteiger partial charge on any atom is 0.197 e. The quantitative estimate of drug-likeness (QED) is 0.241. The zero-order chi connectivity index (χ0) is 16.6. The Hall–Kier alpha value is -0.100. The van der Waals surface area contributed by atoms with E-state index in [1.54, 1.807) is 23.5 Å². The summed E-state index contributed by atoms with van der Waals surface area (Å²) in [7, 11) is 2.17. The average Bonchev–Trinajstić information content (AvgIpc) is 3.15. The summed E-state index contributed by atoms with van der Waals surface area (Å²) in [5.74, 6) is 0. The van der Waals surface area contributed by atoms with Crippen LogP contribution in [0, 0.1) is 0 Å². The molecule has 4 rings (SSSR count). The molecule has 0 N–H and O–H groups in total. The highest BCUT2D eigenvalue weighted by molar-refractivity contribution is 14.1. The third-order valence-corrected chi connectivity index (χ3v) is 6.22. The minimum absolute atomic E-state index is 0.914. The summed E-state index contributed by atoms with van der Waals surface area (Å²) in [6.07, 6.45) is 5.16. The number of thioether (sulfide) groups is 2. The van der Waals surface area contributed by atoms with E-state index in [1.807, 2.05) is 22.5 Å². The average molecular weight is 479 g/mol. The molecule has 0 bridgehead atoms. The molecule has 4 heterocycles. The molecule has 23 heavy (non-hydrogen) atoms. The van der Waals surface area contributed by atoms with Crippen LogP contribution in [-0.4, -0.2) is 55.5 Å². The van der Waals surface area contributed by atoms with Gasteiger partial charge in [0, 0.05) is 18.0 Å². The van der Waals surface area contributed by atoms with E-state index in [0.29, 0.717) is 0 Å². The molecule has 1 aliphatic heterocycles. The lowest BCUT2D eigenvalue weighted by Gasteiger charge is -2.21. The van der Waals surface area contributed by atoms with Crippen LogP contribution in [0.2, 0.25) is 0 Å². The van der Waals surface area contributed by atoms with Crippen LogP contribution in [0.3, 0.4) is 0 Å². The van der Waals surface area contributed by atoms with Crippen molar-refractivity contribution in [2.45, 2.75) is 23.3 Å². The van der Waals surface area contributed by atoms with Crippen molar-refractivity contribution in [2.75, 3.05) is 31.0 Å². The van der Waals surface area contributed by atoms with Crippen molar-refractivity contribution in [1.29, 1.82) is 0 Å². The molecule has 3 aromatic heterocycles. The van der Waals surface area contributed by atoms with E-state index in [0.717, 1.165) is 40.3 Å². The fourth-order valence-electron chi connectivity index (χ4n) is 2.84. The number of fused-ring (bicyclic) bond motifs is 5. The largest absolute Gasteiger partial charge is 0.301 e. The van der Waals surface area contributed by atoms with E-state index in [2.05, 4.69) is 55.4 Å². The van der Waals surface area contributed by atoms with E-state index in [1.165, 1.54) is 15.8 Å². The Balaban J connectivity index is 0.000000753. The molecule has 0 aromatic carbocycles. The molecule has 0 radical (unpaired) electrons. The molecular formula is C14H18IN5S3. The fraction of sp³-hybridized carbons (Fsp3) is 0.500. The van der Waals surface area contributed by atoms with Crippen molar-refractivity contribution in [1.82, 2.24) is 24.5 Å². The van der Waals surface area contributed by atoms with Crippen LogP contribution in [0.5, 0.6) is 0 Å². The molecular weight excluding hydrogens is 461 g/mol. The molecule has 1 aliphatic rings. The Morgan fingerprint density at radius 1 is 1.13 bits per heavy atom. The molecule has 9 heteroatoms. The van der Waals surface area contributed by atoms with Gasteiger partial charge in [-0.1, -0.05) is 46.1 Å². The van der Waals surface area contributed by atoms with E-state index in [-0.39, 0.29) is 0 Å². The highest BCUT2D eigenvalue weighted by atomic mass is 127. The van der Waals surface area contributed by atoms with Crippen LogP contribution in [0.1, 0.15) is 10.4 Å². The van der Waals surface area contributed by atoms with E-state index in [4.69, 9.17) is 4.98 Å². The Bertz CT molecular complexity index is 844. The van der Waals surface area contributed by atoms with Crippen LogP contribution < -0.4 is 0 Å². The highest BCUT2D eigenvalue weighted by Gasteiger charge is 2.24. The second-order valence-corrected chi connectivity index (χ2v) is 7.75. The van der Waals surface area contributed by atoms with Crippen LogP contribution >= 0.6 is 57.5 Å². The zero-order valence-electron chi connectivity index (χ0n) is 13.5. The van der Waals surface area contributed by atoms with Crippen LogP contribution in [0.25, 0.3) is 15.9 Å². The number of halogens is 1. The molecule has 0 unspecified atom stereocenters. The van der Waals surface area contributed by atoms with Gasteiger partial charge in [-0.3, -0.25) is 0 Å². The van der Waals surface area contributed by atoms with Crippen molar-refractivity contribution in [2.24, 2.45) is 0 Å². The smallest absolute Gasteiger partial charge is 0.197 e. The van der Waals surface area contributed by atoms with Crippen molar-refractivity contribution >= 4 is 73.3 Å². The van der Waals surface area contributed by atoms with E-state index < -0.39 is 0 Å². The summed E-state index contributed by atoms with van der Waals surface area (Å²) in [5, 5.41) is 11.9.